The summed E-state index contributed by atoms with van der Waals surface area (Å²) in [7, 11) is 1.89. The van der Waals surface area contributed by atoms with E-state index in [1.165, 1.54) is 12.0 Å². The summed E-state index contributed by atoms with van der Waals surface area (Å²) < 4.78 is 1.77. The predicted octanol–water partition coefficient (Wildman–Crippen LogP) is 1.89. The van der Waals surface area contributed by atoms with Gasteiger partial charge in [-0.1, -0.05) is 37.6 Å². The summed E-state index contributed by atoms with van der Waals surface area (Å²) in [5.41, 5.74) is 7.98. The van der Waals surface area contributed by atoms with Crippen LogP contribution in [0.3, 0.4) is 0 Å². The smallest absolute Gasteiger partial charge is 0.164 e. The van der Waals surface area contributed by atoms with Crippen LogP contribution in [0.4, 0.5) is 0 Å². The zero-order valence-corrected chi connectivity index (χ0v) is 10.3. The van der Waals surface area contributed by atoms with Crippen LogP contribution in [0.25, 0.3) is 11.4 Å². The van der Waals surface area contributed by atoms with Crippen molar-refractivity contribution in [2.45, 2.75) is 26.3 Å². The summed E-state index contributed by atoms with van der Waals surface area (Å²) in [4.78, 5) is 4.40. The van der Waals surface area contributed by atoms with Gasteiger partial charge >= 0.3 is 0 Å². The minimum Gasteiger partial charge on any atom is -0.324 e. The summed E-state index contributed by atoms with van der Waals surface area (Å²) in [6, 6.07) is 8.48. The Kier molecular flexibility index (Phi) is 3.54. The molecule has 0 spiro atoms. The molecule has 0 atom stereocenters. The second-order valence-corrected chi connectivity index (χ2v) is 4.13. The zero-order valence-electron chi connectivity index (χ0n) is 10.3. The van der Waals surface area contributed by atoms with Gasteiger partial charge in [0.15, 0.2) is 11.6 Å². The van der Waals surface area contributed by atoms with Gasteiger partial charge in [-0.3, -0.25) is 0 Å². The number of nitrogens with zero attached hydrogens (tertiary/aromatic N) is 3. The van der Waals surface area contributed by atoms with Crippen molar-refractivity contribution < 1.29 is 0 Å². The lowest BCUT2D eigenvalue weighted by Crippen LogP contribution is -1.99. The summed E-state index contributed by atoms with van der Waals surface area (Å²) in [5, 5.41) is 4.24. The third-order valence-electron chi connectivity index (χ3n) is 2.74. The lowest BCUT2D eigenvalue weighted by molar-refractivity contribution is 0.749. The highest BCUT2D eigenvalue weighted by molar-refractivity contribution is 5.55. The van der Waals surface area contributed by atoms with E-state index >= 15 is 0 Å². The Balaban J connectivity index is 2.29. The molecule has 1 heterocycles. The maximum absolute atomic E-state index is 5.54. The maximum Gasteiger partial charge on any atom is 0.164 e. The van der Waals surface area contributed by atoms with Gasteiger partial charge in [-0.25, -0.2) is 9.67 Å². The molecule has 0 saturated carbocycles. The number of aromatic nitrogens is 3. The Morgan fingerprint density at radius 3 is 2.47 bits per heavy atom. The molecule has 4 heteroatoms. The minimum absolute atomic E-state index is 0.377. The van der Waals surface area contributed by atoms with Crippen LogP contribution in [0, 0.1) is 0 Å². The van der Waals surface area contributed by atoms with Crippen LogP contribution in [0.5, 0.6) is 0 Å². The molecule has 17 heavy (non-hydrogen) atoms. The van der Waals surface area contributed by atoms with Crippen LogP contribution in [0.2, 0.25) is 0 Å². The monoisotopic (exact) mass is 230 g/mol. The van der Waals surface area contributed by atoms with Crippen LogP contribution >= 0.6 is 0 Å². The molecule has 4 nitrogen and oxygen atoms in total. The number of hydrogen-bond donors (Lipinski definition) is 1. The van der Waals surface area contributed by atoms with Gasteiger partial charge in [-0.05, 0) is 12.0 Å². The molecule has 0 aliphatic heterocycles. The van der Waals surface area contributed by atoms with Crippen LogP contribution in [-0.4, -0.2) is 14.8 Å². The molecule has 0 radical (unpaired) electrons. The van der Waals surface area contributed by atoms with Gasteiger partial charge in [-0.2, -0.15) is 5.10 Å². The third-order valence-corrected chi connectivity index (χ3v) is 2.74. The number of hydrogen-bond acceptors (Lipinski definition) is 3. The summed E-state index contributed by atoms with van der Waals surface area (Å²) in [6.45, 7) is 2.56. The molecule has 2 N–H and O–H groups in total. The Morgan fingerprint density at radius 2 is 1.94 bits per heavy atom. The Bertz CT molecular complexity index is 485. The fraction of sp³-hybridized carbons (Fsp3) is 0.385. The first-order valence-electron chi connectivity index (χ1n) is 5.94. The van der Waals surface area contributed by atoms with Gasteiger partial charge in [0.25, 0.3) is 0 Å². The van der Waals surface area contributed by atoms with E-state index in [0.29, 0.717) is 12.4 Å². The number of rotatable bonds is 4. The summed E-state index contributed by atoms with van der Waals surface area (Å²) in [6.07, 6.45) is 2.29. The van der Waals surface area contributed by atoms with E-state index in [1.807, 2.05) is 7.05 Å². The van der Waals surface area contributed by atoms with Crippen molar-refractivity contribution in [2.75, 3.05) is 0 Å². The summed E-state index contributed by atoms with van der Waals surface area (Å²) in [5.74, 6) is 1.55. The Labute approximate surface area is 101 Å². The maximum atomic E-state index is 5.54. The largest absolute Gasteiger partial charge is 0.324 e. The predicted molar refractivity (Wildman–Crippen MR) is 68.3 cm³/mol. The van der Waals surface area contributed by atoms with Crippen LogP contribution in [-0.2, 0) is 20.0 Å². The van der Waals surface area contributed by atoms with Crippen molar-refractivity contribution in [3.8, 4) is 11.4 Å². The Hall–Kier alpha value is -1.68. The molecular formula is C13H18N4. The highest BCUT2D eigenvalue weighted by atomic mass is 15.3. The highest BCUT2D eigenvalue weighted by Gasteiger charge is 2.07. The first kappa shape index (κ1) is 11.8. The van der Waals surface area contributed by atoms with Gasteiger partial charge in [0.1, 0.15) is 0 Å². The van der Waals surface area contributed by atoms with Crippen molar-refractivity contribution in [3.05, 3.63) is 35.7 Å². The standard InChI is InChI=1S/C13H18N4/c1-3-4-10-5-7-11(8-6-10)13-15-12(9-14)16-17(13)2/h5-8H,3-4,9,14H2,1-2H3. The molecule has 0 aliphatic carbocycles. The van der Waals surface area contributed by atoms with Gasteiger partial charge in [-0.15, -0.1) is 0 Å². The van der Waals surface area contributed by atoms with E-state index in [1.54, 1.807) is 4.68 Å². The van der Waals surface area contributed by atoms with Gasteiger partial charge < -0.3 is 5.73 Å². The number of aryl methyl sites for hydroxylation is 2. The summed E-state index contributed by atoms with van der Waals surface area (Å²) >= 11 is 0. The second-order valence-electron chi connectivity index (χ2n) is 4.13. The lowest BCUT2D eigenvalue weighted by atomic mass is 10.1. The molecule has 2 rings (SSSR count). The van der Waals surface area contributed by atoms with Crippen molar-refractivity contribution in [1.82, 2.24) is 14.8 Å². The Morgan fingerprint density at radius 1 is 1.24 bits per heavy atom. The highest BCUT2D eigenvalue weighted by Crippen LogP contribution is 2.17. The zero-order chi connectivity index (χ0) is 12.3. The molecule has 0 amide bonds. The molecule has 0 aliphatic rings. The minimum atomic E-state index is 0.377. The van der Waals surface area contributed by atoms with Crippen molar-refractivity contribution in [1.29, 1.82) is 0 Å². The lowest BCUT2D eigenvalue weighted by Gasteiger charge is -2.02. The molecule has 0 fully saturated rings. The molecule has 1 aromatic carbocycles. The van der Waals surface area contributed by atoms with Gasteiger partial charge in [0.05, 0.1) is 6.54 Å². The molecule has 0 saturated heterocycles. The third kappa shape index (κ3) is 2.53. The average Bonchev–Trinajstić information content (AvgIpc) is 2.72. The number of benzene rings is 1. The van der Waals surface area contributed by atoms with Crippen molar-refractivity contribution in [3.63, 3.8) is 0 Å². The quantitative estimate of drug-likeness (QED) is 0.872. The van der Waals surface area contributed by atoms with E-state index in [-0.39, 0.29) is 0 Å². The van der Waals surface area contributed by atoms with Gasteiger partial charge in [0.2, 0.25) is 0 Å². The molecule has 0 unspecified atom stereocenters. The van der Waals surface area contributed by atoms with Crippen molar-refractivity contribution >= 4 is 0 Å². The fourth-order valence-corrected chi connectivity index (χ4v) is 1.88. The first-order chi connectivity index (χ1) is 8.24. The van der Waals surface area contributed by atoms with Crippen LogP contribution < -0.4 is 5.73 Å². The molecule has 0 bridgehead atoms. The molecule has 90 valence electrons. The van der Waals surface area contributed by atoms with Gasteiger partial charge in [0, 0.05) is 12.6 Å². The van der Waals surface area contributed by atoms with Crippen LogP contribution in [0.15, 0.2) is 24.3 Å². The van der Waals surface area contributed by atoms with E-state index < -0.39 is 0 Å². The SMILES string of the molecule is CCCc1ccc(-c2nc(CN)nn2C)cc1. The van der Waals surface area contributed by atoms with E-state index in [9.17, 15) is 0 Å². The van der Waals surface area contributed by atoms with E-state index in [0.717, 1.165) is 17.8 Å². The van der Waals surface area contributed by atoms with E-state index in [2.05, 4.69) is 41.3 Å². The second kappa shape index (κ2) is 5.10. The molecule has 2 aromatic rings. The molecule has 1 aromatic heterocycles. The number of nitrogens with two attached hydrogens (primary N) is 1. The topological polar surface area (TPSA) is 56.7 Å². The van der Waals surface area contributed by atoms with Crippen molar-refractivity contribution in [2.24, 2.45) is 12.8 Å². The normalized spacial score (nSPS) is 10.8. The van der Waals surface area contributed by atoms with E-state index in [4.69, 9.17) is 5.73 Å². The average molecular weight is 230 g/mol. The molecular weight excluding hydrogens is 212 g/mol. The first-order valence-corrected chi connectivity index (χ1v) is 5.94. The fourth-order valence-electron chi connectivity index (χ4n) is 1.88. The van der Waals surface area contributed by atoms with Crippen LogP contribution in [0.1, 0.15) is 24.7 Å².